The summed E-state index contributed by atoms with van der Waals surface area (Å²) in [7, 11) is -3.23. The highest BCUT2D eigenvalue weighted by Gasteiger charge is 2.19. The van der Waals surface area contributed by atoms with E-state index in [9.17, 15) is 8.42 Å². The predicted molar refractivity (Wildman–Crippen MR) is 89.3 cm³/mol. The zero-order chi connectivity index (χ0) is 16.1. The Kier molecular flexibility index (Phi) is 6.23. The molecule has 0 saturated heterocycles. The lowest BCUT2D eigenvalue weighted by Crippen LogP contribution is -2.33. The summed E-state index contributed by atoms with van der Waals surface area (Å²) in [6, 6.07) is 7.03. The molecule has 0 spiro atoms. The number of nitrogens with one attached hydrogen (secondary N) is 1. The minimum atomic E-state index is -3.23. The van der Waals surface area contributed by atoms with Gasteiger partial charge in [-0.25, -0.2) is 8.42 Å². The molecule has 4 nitrogen and oxygen atoms in total. The molecule has 21 heavy (non-hydrogen) atoms. The van der Waals surface area contributed by atoms with E-state index in [4.69, 9.17) is 5.73 Å². The highest BCUT2D eigenvalue weighted by molar-refractivity contribution is 7.91. The lowest BCUT2D eigenvalue weighted by atomic mass is 9.88. The summed E-state index contributed by atoms with van der Waals surface area (Å²) >= 11 is 0. The first-order valence-electron chi connectivity index (χ1n) is 7.47. The van der Waals surface area contributed by atoms with Gasteiger partial charge in [-0.3, -0.25) is 0 Å². The molecular weight excluding hydrogens is 284 g/mol. The molecule has 0 fully saturated rings. The van der Waals surface area contributed by atoms with Crippen LogP contribution in [0.2, 0.25) is 0 Å². The topological polar surface area (TPSA) is 72.2 Å². The van der Waals surface area contributed by atoms with E-state index in [0.717, 1.165) is 6.42 Å². The minimum Gasteiger partial charge on any atom is -0.382 e. The lowest BCUT2D eigenvalue weighted by molar-refractivity contribution is 0.344. The van der Waals surface area contributed by atoms with Crippen molar-refractivity contribution in [2.75, 3.05) is 17.6 Å². The Morgan fingerprint density at radius 2 is 1.86 bits per heavy atom. The molecule has 0 heterocycles. The Hall–Kier alpha value is -1.07. The molecule has 1 unspecified atom stereocenters. The van der Waals surface area contributed by atoms with Gasteiger partial charge in [-0.05, 0) is 30.4 Å². The summed E-state index contributed by atoms with van der Waals surface area (Å²) in [5.74, 6) is 0.166. The molecule has 1 rings (SSSR count). The molecule has 1 aromatic rings. The van der Waals surface area contributed by atoms with Gasteiger partial charge in [0.2, 0.25) is 0 Å². The number of rotatable bonds is 7. The predicted octanol–water partition coefficient (Wildman–Crippen LogP) is 3.05. The lowest BCUT2D eigenvalue weighted by Gasteiger charge is -2.24. The Morgan fingerprint density at radius 1 is 1.24 bits per heavy atom. The van der Waals surface area contributed by atoms with Crippen molar-refractivity contribution in [1.29, 1.82) is 0 Å². The Labute approximate surface area is 129 Å². The molecule has 0 aliphatic rings. The van der Waals surface area contributed by atoms with Crippen molar-refractivity contribution < 1.29 is 8.42 Å². The number of para-hydroxylation sites is 1. The second kappa shape index (κ2) is 7.27. The number of benzene rings is 1. The fourth-order valence-electron chi connectivity index (χ4n) is 2.36. The fourth-order valence-corrected chi connectivity index (χ4v) is 3.88. The Balaban J connectivity index is 2.81. The van der Waals surface area contributed by atoms with Crippen LogP contribution < -0.4 is 11.1 Å². The standard InChI is InChI=1S/C16H28N2O2S/c1-5-10-21(19,20)15-9-7-6-8-14(15)18-12-13(17)11-16(2,3)4/h6-9,13,18H,5,10-12,17H2,1-4H3. The first-order chi connectivity index (χ1) is 9.65. The second-order valence-corrected chi connectivity index (χ2v) is 8.80. The van der Waals surface area contributed by atoms with E-state index in [2.05, 4.69) is 26.1 Å². The first-order valence-corrected chi connectivity index (χ1v) is 9.12. The van der Waals surface area contributed by atoms with E-state index in [0.29, 0.717) is 23.5 Å². The molecule has 1 atom stereocenters. The number of anilines is 1. The van der Waals surface area contributed by atoms with Crippen LogP contribution in [0.25, 0.3) is 0 Å². The summed E-state index contributed by atoms with van der Waals surface area (Å²) in [5, 5.41) is 3.20. The number of sulfone groups is 1. The molecule has 3 N–H and O–H groups in total. The van der Waals surface area contributed by atoms with Crippen molar-refractivity contribution in [2.24, 2.45) is 11.1 Å². The third-order valence-corrected chi connectivity index (χ3v) is 5.10. The summed E-state index contributed by atoms with van der Waals surface area (Å²) < 4.78 is 24.5. The monoisotopic (exact) mass is 312 g/mol. The normalized spacial score (nSPS) is 14.0. The van der Waals surface area contributed by atoms with Gasteiger partial charge in [0.05, 0.1) is 16.3 Å². The molecule has 0 saturated carbocycles. The average molecular weight is 312 g/mol. The van der Waals surface area contributed by atoms with Crippen molar-refractivity contribution in [3.63, 3.8) is 0 Å². The summed E-state index contributed by atoms with van der Waals surface area (Å²) in [6.07, 6.45) is 1.49. The van der Waals surface area contributed by atoms with Gasteiger partial charge in [0.25, 0.3) is 0 Å². The van der Waals surface area contributed by atoms with Crippen LogP contribution in [-0.2, 0) is 9.84 Å². The van der Waals surface area contributed by atoms with Crippen LogP contribution in [0, 0.1) is 5.41 Å². The van der Waals surface area contributed by atoms with E-state index in [1.54, 1.807) is 18.2 Å². The largest absolute Gasteiger partial charge is 0.382 e. The van der Waals surface area contributed by atoms with E-state index in [-0.39, 0.29) is 17.2 Å². The summed E-state index contributed by atoms with van der Waals surface area (Å²) in [5.41, 5.74) is 6.92. The van der Waals surface area contributed by atoms with Crippen molar-refractivity contribution >= 4 is 15.5 Å². The van der Waals surface area contributed by atoms with Crippen molar-refractivity contribution in [1.82, 2.24) is 0 Å². The smallest absolute Gasteiger partial charge is 0.180 e. The number of nitrogens with two attached hydrogens (primary N) is 1. The SMILES string of the molecule is CCCS(=O)(=O)c1ccccc1NCC(N)CC(C)(C)C. The number of hydrogen-bond acceptors (Lipinski definition) is 4. The van der Waals surface area contributed by atoms with Gasteiger partial charge in [0.1, 0.15) is 0 Å². The van der Waals surface area contributed by atoms with E-state index < -0.39 is 9.84 Å². The van der Waals surface area contributed by atoms with Crippen molar-refractivity contribution in [3.05, 3.63) is 24.3 Å². The van der Waals surface area contributed by atoms with Gasteiger partial charge in [-0.15, -0.1) is 0 Å². The van der Waals surface area contributed by atoms with Crippen LogP contribution in [0.4, 0.5) is 5.69 Å². The second-order valence-electron chi connectivity index (χ2n) is 6.72. The quantitative estimate of drug-likeness (QED) is 0.811. The molecule has 0 aliphatic heterocycles. The van der Waals surface area contributed by atoms with Crippen molar-refractivity contribution in [2.45, 2.75) is 51.5 Å². The maximum absolute atomic E-state index is 12.3. The fraction of sp³-hybridized carbons (Fsp3) is 0.625. The van der Waals surface area contributed by atoms with Crippen LogP contribution >= 0.6 is 0 Å². The average Bonchev–Trinajstić information content (AvgIpc) is 2.34. The van der Waals surface area contributed by atoms with Gasteiger partial charge in [0, 0.05) is 12.6 Å². The molecule has 0 radical (unpaired) electrons. The molecular formula is C16H28N2O2S. The molecule has 120 valence electrons. The highest BCUT2D eigenvalue weighted by atomic mass is 32.2. The zero-order valence-electron chi connectivity index (χ0n) is 13.5. The minimum absolute atomic E-state index is 0.00747. The summed E-state index contributed by atoms with van der Waals surface area (Å²) in [6.45, 7) is 8.87. The molecule has 0 bridgehead atoms. The van der Waals surface area contributed by atoms with E-state index >= 15 is 0 Å². The Morgan fingerprint density at radius 3 is 2.43 bits per heavy atom. The van der Waals surface area contributed by atoms with Gasteiger partial charge < -0.3 is 11.1 Å². The zero-order valence-corrected chi connectivity index (χ0v) is 14.3. The molecule has 0 amide bonds. The molecule has 1 aromatic carbocycles. The van der Waals surface area contributed by atoms with E-state index in [1.807, 2.05) is 13.0 Å². The number of hydrogen-bond donors (Lipinski definition) is 2. The summed E-state index contributed by atoms with van der Waals surface area (Å²) in [4.78, 5) is 0.370. The van der Waals surface area contributed by atoms with Crippen LogP contribution in [0.5, 0.6) is 0 Å². The molecule has 0 aromatic heterocycles. The van der Waals surface area contributed by atoms with Gasteiger partial charge in [-0.2, -0.15) is 0 Å². The van der Waals surface area contributed by atoms with Gasteiger partial charge >= 0.3 is 0 Å². The maximum atomic E-state index is 12.3. The van der Waals surface area contributed by atoms with Crippen LogP contribution in [0.1, 0.15) is 40.5 Å². The van der Waals surface area contributed by atoms with Crippen LogP contribution in [0.15, 0.2) is 29.2 Å². The van der Waals surface area contributed by atoms with E-state index in [1.165, 1.54) is 0 Å². The maximum Gasteiger partial charge on any atom is 0.180 e. The first kappa shape index (κ1) is 18.0. The van der Waals surface area contributed by atoms with Gasteiger partial charge in [0.15, 0.2) is 9.84 Å². The van der Waals surface area contributed by atoms with Crippen LogP contribution in [0.3, 0.4) is 0 Å². The van der Waals surface area contributed by atoms with Crippen molar-refractivity contribution in [3.8, 4) is 0 Å². The van der Waals surface area contributed by atoms with Crippen LogP contribution in [-0.4, -0.2) is 26.8 Å². The third kappa shape index (κ3) is 6.06. The highest BCUT2D eigenvalue weighted by Crippen LogP contribution is 2.24. The van der Waals surface area contributed by atoms with Gasteiger partial charge in [-0.1, -0.05) is 39.8 Å². The molecule has 0 aliphatic carbocycles. The third-order valence-electron chi connectivity index (χ3n) is 3.12. The Bertz CT molecular complexity index is 548. The molecule has 5 heteroatoms.